The van der Waals surface area contributed by atoms with Crippen molar-refractivity contribution >= 4 is 44.7 Å². The predicted molar refractivity (Wildman–Crippen MR) is 81.0 cm³/mol. The van der Waals surface area contributed by atoms with E-state index in [1.807, 2.05) is 13.8 Å². The molecule has 1 nitrogen and oxygen atoms in total. The number of aryl methyl sites for hydroxylation is 2. The lowest BCUT2D eigenvalue weighted by atomic mass is 10.0. The number of halogens is 2. The van der Waals surface area contributed by atoms with Crippen molar-refractivity contribution in [2.24, 2.45) is 0 Å². The molecule has 1 aromatic heterocycles. The van der Waals surface area contributed by atoms with Gasteiger partial charge in [0.05, 0.1) is 4.88 Å². The summed E-state index contributed by atoms with van der Waals surface area (Å²) in [6, 6.07) is 7.97. The van der Waals surface area contributed by atoms with Gasteiger partial charge in [0.1, 0.15) is 4.34 Å². The highest BCUT2D eigenvalue weighted by Gasteiger charge is 2.13. The highest BCUT2D eigenvalue weighted by Crippen LogP contribution is 2.32. The van der Waals surface area contributed by atoms with E-state index in [-0.39, 0.29) is 5.78 Å². The van der Waals surface area contributed by atoms with E-state index < -0.39 is 0 Å². The summed E-state index contributed by atoms with van der Waals surface area (Å²) in [4.78, 5) is 12.9. The largest absolute Gasteiger partial charge is 0.293 e. The monoisotopic (exact) mass is 342 g/mol. The number of hydrogen-bond acceptors (Lipinski definition) is 2. The lowest BCUT2D eigenvalue weighted by Crippen LogP contribution is -2.03. The summed E-state index contributed by atoms with van der Waals surface area (Å²) in [5.41, 5.74) is 3.41. The standard InChI is InChI=1S/C14H12BrClOS/c1-8-3-4-9(2)10(5-8)6-12(17)13-7-11(15)14(16)18-13/h3-5,7H,6H2,1-2H3. The first kappa shape index (κ1) is 13.8. The molecule has 0 bridgehead atoms. The minimum Gasteiger partial charge on any atom is -0.293 e. The first-order valence-corrected chi connectivity index (χ1v) is 7.50. The van der Waals surface area contributed by atoms with Crippen molar-refractivity contribution in [1.82, 2.24) is 0 Å². The zero-order valence-corrected chi connectivity index (χ0v) is 13.2. The van der Waals surface area contributed by atoms with Gasteiger partial charge in [-0.2, -0.15) is 0 Å². The summed E-state index contributed by atoms with van der Waals surface area (Å²) in [5.74, 6) is 0.112. The Morgan fingerprint density at radius 3 is 2.67 bits per heavy atom. The molecular weight excluding hydrogens is 332 g/mol. The van der Waals surface area contributed by atoms with E-state index in [1.165, 1.54) is 16.9 Å². The molecule has 0 unspecified atom stereocenters. The molecule has 0 fully saturated rings. The minimum atomic E-state index is 0.112. The van der Waals surface area contributed by atoms with Crippen molar-refractivity contribution in [3.63, 3.8) is 0 Å². The molecule has 0 atom stereocenters. The third kappa shape index (κ3) is 3.02. The molecule has 18 heavy (non-hydrogen) atoms. The van der Waals surface area contributed by atoms with E-state index in [0.717, 1.165) is 15.6 Å². The van der Waals surface area contributed by atoms with Gasteiger partial charge in [-0.25, -0.2) is 0 Å². The molecule has 2 rings (SSSR count). The smallest absolute Gasteiger partial charge is 0.177 e. The van der Waals surface area contributed by atoms with E-state index >= 15 is 0 Å². The van der Waals surface area contributed by atoms with Crippen LogP contribution in [0.4, 0.5) is 0 Å². The van der Waals surface area contributed by atoms with Crippen LogP contribution in [0.25, 0.3) is 0 Å². The van der Waals surface area contributed by atoms with Crippen LogP contribution in [-0.4, -0.2) is 5.78 Å². The number of hydrogen-bond donors (Lipinski definition) is 0. The van der Waals surface area contributed by atoms with Crippen molar-refractivity contribution in [3.05, 3.63) is 54.6 Å². The van der Waals surface area contributed by atoms with Crippen LogP contribution in [0.5, 0.6) is 0 Å². The van der Waals surface area contributed by atoms with Gasteiger partial charge < -0.3 is 0 Å². The lowest BCUT2D eigenvalue weighted by molar-refractivity contribution is 0.0996. The van der Waals surface area contributed by atoms with E-state index in [9.17, 15) is 4.79 Å². The molecule has 1 heterocycles. The second-order valence-corrected chi connectivity index (χ2v) is 6.77. The average molecular weight is 344 g/mol. The number of ketones is 1. The molecule has 0 saturated carbocycles. The fourth-order valence-corrected chi connectivity index (χ4v) is 3.37. The van der Waals surface area contributed by atoms with Crippen LogP contribution in [0.3, 0.4) is 0 Å². The van der Waals surface area contributed by atoms with Crippen LogP contribution in [-0.2, 0) is 6.42 Å². The molecule has 0 aliphatic heterocycles. The van der Waals surface area contributed by atoms with Gasteiger partial charge in [-0.05, 0) is 47.0 Å². The van der Waals surface area contributed by atoms with Crippen molar-refractivity contribution in [2.45, 2.75) is 20.3 Å². The molecule has 0 aliphatic carbocycles. The van der Waals surface area contributed by atoms with Crippen molar-refractivity contribution in [3.8, 4) is 0 Å². The summed E-state index contributed by atoms with van der Waals surface area (Å²) in [5, 5.41) is 0. The molecule has 1 aromatic carbocycles. The van der Waals surface area contributed by atoms with Gasteiger partial charge in [0.15, 0.2) is 5.78 Å². The van der Waals surface area contributed by atoms with Crippen molar-refractivity contribution in [2.75, 3.05) is 0 Å². The third-order valence-corrected chi connectivity index (χ3v) is 5.29. The quantitative estimate of drug-likeness (QED) is 0.699. The maximum absolute atomic E-state index is 12.2. The topological polar surface area (TPSA) is 17.1 Å². The maximum atomic E-state index is 12.2. The van der Waals surface area contributed by atoms with Gasteiger partial charge in [0.25, 0.3) is 0 Å². The fourth-order valence-electron chi connectivity index (χ4n) is 1.73. The first-order chi connectivity index (χ1) is 8.47. The maximum Gasteiger partial charge on any atom is 0.177 e. The number of thiophene rings is 1. The molecular formula is C14H12BrClOS. The van der Waals surface area contributed by atoms with Gasteiger partial charge in [-0.1, -0.05) is 35.4 Å². The first-order valence-electron chi connectivity index (χ1n) is 5.51. The lowest BCUT2D eigenvalue weighted by Gasteiger charge is -2.05. The Morgan fingerprint density at radius 2 is 2.06 bits per heavy atom. The molecule has 0 N–H and O–H groups in total. The highest BCUT2D eigenvalue weighted by molar-refractivity contribution is 9.10. The SMILES string of the molecule is Cc1ccc(C)c(CC(=O)c2cc(Br)c(Cl)s2)c1. The molecule has 0 aliphatic rings. The van der Waals surface area contributed by atoms with Crippen molar-refractivity contribution in [1.29, 1.82) is 0 Å². The summed E-state index contributed by atoms with van der Waals surface area (Å²) in [7, 11) is 0. The Labute approximate surface area is 124 Å². The van der Waals surface area contributed by atoms with E-state index in [1.54, 1.807) is 6.07 Å². The Balaban J connectivity index is 2.23. The number of carbonyl (C=O) groups excluding carboxylic acids is 1. The predicted octanol–water partition coefficient (Wildman–Crippen LogP) is 5.21. The van der Waals surface area contributed by atoms with Crippen molar-refractivity contribution < 1.29 is 4.79 Å². The van der Waals surface area contributed by atoms with Gasteiger partial charge >= 0.3 is 0 Å². The Kier molecular flexibility index (Phi) is 4.25. The Morgan fingerprint density at radius 1 is 1.33 bits per heavy atom. The summed E-state index contributed by atoms with van der Waals surface area (Å²) in [6.45, 7) is 4.06. The van der Waals surface area contributed by atoms with Gasteiger partial charge in [0.2, 0.25) is 0 Å². The van der Waals surface area contributed by atoms with Gasteiger partial charge in [-0.3, -0.25) is 4.79 Å². The van der Waals surface area contributed by atoms with Gasteiger partial charge in [-0.15, -0.1) is 11.3 Å². The molecule has 0 radical (unpaired) electrons. The normalized spacial score (nSPS) is 10.7. The summed E-state index contributed by atoms with van der Waals surface area (Å²) >= 11 is 10.6. The molecule has 0 saturated heterocycles. The molecule has 94 valence electrons. The molecule has 4 heteroatoms. The van der Waals surface area contributed by atoms with Crippen LogP contribution in [0.15, 0.2) is 28.7 Å². The molecule has 0 amide bonds. The van der Waals surface area contributed by atoms with E-state index in [2.05, 4.69) is 34.1 Å². The van der Waals surface area contributed by atoms with E-state index in [0.29, 0.717) is 15.6 Å². The minimum absolute atomic E-state index is 0.112. The zero-order chi connectivity index (χ0) is 13.3. The zero-order valence-electron chi connectivity index (χ0n) is 10.1. The van der Waals surface area contributed by atoms with E-state index in [4.69, 9.17) is 11.6 Å². The number of Topliss-reactive ketones (excluding diaryl/α,β-unsaturated/α-hetero) is 1. The third-order valence-electron chi connectivity index (χ3n) is 2.78. The second kappa shape index (κ2) is 5.55. The highest BCUT2D eigenvalue weighted by atomic mass is 79.9. The molecule has 0 spiro atoms. The average Bonchev–Trinajstić information content (AvgIpc) is 2.64. The summed E-state index contributed by atoms with van der Waals surface area (Å²) < 4.78 is 1.41. The van der Waals surface area contributed by atoms with Crippen LogP contribution in [0, 0.1) is 13.8 Å². The van der Waals surface area contributed by atoms with Crippen LogP contribution in [0.1, 0.15) is 26.4 Å². The Bertz CT molecular complexity index is 584. The second-order valence-electron chi connectivity index (χ2n) is 4.26. The summed E-state index contributed by atoms with van der Waals surface area (Å²) in [6.07, 6.45) is 0.427. The number of carbonyl (C=O) groups is 1. The Hall–Kier alpha value is -0.640. The fraction of sp³-hybridized carbons (Fsp3) is 0.214. The number of rotatable bonds is 3. The molecule has 2 aromatic rings. The van der Waals surface area contributed by atoms with Crippen LogP contribution >= 0.6 is 38.9 Å². The van der Waals surface area contributed by atoms with Crippen LogP contribution < -0.4 is 0 Å². The van der Waals surface area contributed by atoms with Crippen LogP contribution in [0.2, 0.25) is 4.34 Å². The number of benzene rings is 1. The van der Waals surface area contributed by atoms with Gasteiger partial charge in [0, 0.05) is 10.9 Å².